The number of rotatable bonds is 2. The number of fused-ring (bicyclic) bond motifs is 2. The van der Waals surface area contributed by atoms with Crippen LogP contribution in [0.25, 0.3) is 0 Å². The lowest BCUT2D eigenvalue weighted by Gasteiger charge is -2.27. The van der Waals surface area contributed by atoms with E-state index in [1.165, 1.54) is 25.7 Å². The van der Waals surface area contributed by atoms with Gasteiger partial charge in [-0.25, -0.2) is 0 Å². The monoisotopic (exact) mass is 154 g/mol. The number of hydrogen-bond donors (Lipinski definition) is 0. The first kappa shape index (κ1) is 7.60. The van der Waals surface area contributed by atoms with Crippen LogP contribution in [0.3, 0.4) is 0 Å². The fraction of sp³-hybridized carbons (Fsp3) is 1.00. The summed E-state index contributed by atoms with van der Waals surface area (Å²) >= 11 is 0. The molecule has 0 spiro atoms. The fourth-order valence-electron chi connectivity index (χ4n) is 3.17. The lowest BCUT2D eigenvalue weighted by molar-refractivity contribution is 0.0331. The van der Waals surface area contributed by atoms with E-state index in [-0.39, 0.29) is 0 Å². The van der Waals surface area contributed by atoms with Crippen LogP contribution in [0.5, 0.6) is 0 Å². The molecular weight excluding hydrogens is 136 g/mol. The Hall–Kier alpha value is -0.0400. The second kappa shape index (κ2) is 2.78. The average molecular weight is 154 g/mol. The largest absolute Gasteiger partial charge is 0.381 e. The van der Waals surface area contributed by atoms with Crippen molar-refractivity contribution < 1.29 is 4.74 Å². The van der Waals surface area contributed by atoms with Gasteiger partial charge < -0.3 is 4.74 Å². The molecule has 2 aliphatic carbocycles. The summed E-state index contributed by atoms with van der Waals surface area (Å²) < 4.78 is 5.48. The van der Waals surface area contributed by atoms with Crippen LogP contribution in [0.1, 0.15) is 32.6 Å². The zero-order chi connectivity index (χ0) is 7.84. The summed E-state index contributed by atoms with van der Waals surface area (Å²) in [5.74, 6) is 2.91. The standard InChI is InChI=1S/C10H18O/c1-3-8-4-7-5-9(8)10(6-7)11-2/h7-10H,3-6H2,1-2H3. The van der Waals surface area contributed by atoms with Gasteiger partial charge in [-0.1, -0.05) is 13.3 Å². The van der Waals surface area contributed by atoms with Gasteiger partial charge in [0.25, 0.3) is 0 Å². The van der Waals surface area contributed by atoms with Crippen LogP contribution in [0.15, 0.2) is 0 Å². The van der Waals surface area contributed by atoms with Gasteiger partial charge in [-0.15, -0.1) is 0 Å². The van der Waals surface area contributed by atoms with Crippen molar-refractivity contribution in [1.29, 1.82) is 0 Å². The first-order valence-electron chi connectivity index (χ1n) is 4.88. The normalized spacial score (nSPS) is 48.5. The van der Waals surface area contributed by atoms with E-state index in [0.29, 0.717) is 6.10 Å². The summed E-state index contributed by atoms with van der Waals surface area (Å²) in [6.45, 7) is 2.32. The molecule has 0 saturated heterocycles. The molecule has 2 fully saturated rings. The first-order valence-corrected chi connectivity index (χ1v) is 4.88. The second-order valence-electron chi connectivity index (χ2n) is 4.18. The third-order valence-electron chi connectivity index (χ3n) is 3.72. The molecule has 4 atom stereocenters. The summed E-state index contributed by atoms with van der Waals surface area (Å²) in [5, 5.41) is 0. The molecule has 0 amide bonds. The molecule has 0 N–H and O–H groups in total. The summed E-state index contributed by atoms with van der Waals surface area (Å²) in [6.07, 6.45) is 6.26. The minimum absolute atomic E-state index is 0.610. The molecule has 0 radical (unpaired) electrons. The van der Waals surface area contributed by atoms with Crippen LogP contribution in [0, 0.1) is 17.8 Å². The predicted molar refractivity (Wildman–Crippen MR) is 45.4 cm³/mol. The Bertz CT molecular complexity index is 130. The van der Waals surface area contributed by atoms with Gasteiger partial charge in [-0.05, 0) is 37.0 Å². The van der Waals surface area contributed by atoms with Gasteiger partial charge in [-0.3, -0.25) is 0 Å². The average Bonchev–Trinajstić information content (AvgIpc) is 2.60. The van der Waals surface area contributed by atoms with E-state index in [9.17, 15) is 0 Å². The molecule has 11 heavy (non-hydrogen) atoms. The maximum absolute atomic E-state index is 5.48. The lowest BCUT2D eigenvalue weighted by atomic mass is 9.85. The van der Waals surface area contributed by atoms with Gasteiger partial charge in [-0.2, -0.15) is 0 Å². The van der Waals surface area contributed by atoms with Crippen LogP contribution in [-0.4, -0.2) is 13.2 Å². The van der Waals surface area contributed by atoms with Gasteiger partial charge in [0.1, 0.15) is 0 Å². The third kappa shape index (κ3) is 1.10. The molecule has 64 valence electrons. The molecule has 2 rings (SSSR count). The van der Waals surface area contributed by atoms with Crippen molar-refractivity contribution in [3.05, 3.63) is 0 Å². The van der Waals surface area contributed by atoms with Crippen LogP contribution >= 0.6 is 0 Å². The van der Waals surface area contributed by atoms with Crippen molar-refractivity contribution in [3.8, 4) is 0 Å². The Morgan fingerprint density at radius 3 is 2.64 bits per heavy atom. The van der Waals surface area contributed by atoms with Crippen LogP contribution in [-0.2, 0) is 4.74 Å². The molecule has 2 aliphatic rings. The Labute approximate surface area is 69.1 Å². The molecule has 0 aromatic rings. The highest BCUT2D eigenvalue weighted by Crippen LogP contribution is 2.50. The summed E-state index contributed by atoms with van der Waals surface area (Å²) in [5.41, 5.74) is 0. The van der Waals surface area contributed by atoms with E-state index < -0.39 is 0 Å². The van der Waals surface area contributed by atoms with Crippen molar-refractivity contribution >= 4 is 0 Å². The molecule has 2 saturated carbocycles. The van der Waals surface area contributed by atoms with Crippen LogP contribution in [0.4, 0.5) is 0 Å². The second-order valence-corrected chi connectivity index (χ2v) is 4.18. The highest BCUT2D eigenvalue weighted by atomic mass is 16.5. The highest BCUT2D eigenvalue weighted by Gasteiger charge is 2.45. The Balaban J connectivity index is 2.02. The summed E-state index contributed by atoms with van der Waals surface area (Å²) in [6, 6.07) is 0. The third-order valence-corrected chi connectivity index (χ3v) is 3.72. The van der Waals surface area contributed by atoms with Crippen molar-refractivity contribution in [3.63, 3.8) is 0 Å². The van der Waals surface area contributed by atoms with E-state index >= 15 is 0 Å². The first-order chi connectivity index (χ1) is 5.35. The Morgan fingerprint density at radius 1 is 1.27 bits per heavy atom. The predicted octanol–water partition coefficient (Wildman–Crippen LogP) is 2.46. The maximum Gasteiger partial charge on any atom is 0.0604 e. The fourth-order valence-corrected chi connectivity index (χ4v) is 3.17. The topological polar surface area (TPSA) is 9.23 Å². The maximum atomic E-state index is 5.48. The molecular formula is C10H18O. The van der Waals surface area contributed by atoms with Gasteiger partial charge in [0.2, 0.25) is 0 Å². The zero-order valence-corrected chi connectivity index (χ0v) is 7.55. The van der Waals surface area contributed by atoms with Gasteiger partial charge in [0.15, 0.2) is 0 Å². The van der Waals surface area contributed by atoms with E-state index in [4.69, 9.17) is 4.74 Å². The molecule has 2 bridgehead atoms. The van der Waals surface area contributed by atoms with Crippen molar-refractivity contribution in [2.24, 2.45) is 17.8 Å². The summed E-state index contributed by atoms with van der Waals surface area (Å²) in [7, 11) is 1.87. The molecule has 4 unspecified atom stereocenters. The van der Waals surface area contributed by atoms with Gasteiger partial charge in [0.05, 0.1) is 6.10 Å². The van der Waals surface area contributed by atoms with Crippen molar-refractivity contribution in [2.45, 2.75) is 38.7 Å². The SMILES string of the molecule is CCC1CC2CC(OC)C1C2. The minimum Gasteiger partial charge on any atom is -0.381 e. The minimum atomic E-state index is 0.610. The van der Waals surface area contributed by atoms with E-state index in [1.807, 2.05) is 7.11 Å². The van der Waals surface area contributed by atoms with E-state index in [1.54, 1.807) is 0 Å². The van der Waals surface area contributed by atoms with Gasteiger partial charge >= 0.3 is 0 Å². The molecule has 0 aliphatic heterocycles. The van der Waals surface area contributed by atoms with E-state index in [0.717, 1.165) is 17.8 Å². The molecule has 0 aromatic carbocycles. The Morgan fingerprint density at radius 2 is 2.09 bits per heavy atom. The zero-order valence-electron chi connectivity index (χ0n) is 7.55. The summed E-state index contributed by atoms with van der Waals surface area (Å²) in [4.78, 5) is 0. The Kier molecular flexibility index (Phi) is 1.92. The molecule has 1 nitrogen and oxygen atoms in total. The smallest absolute Gasteiger partial charge is 0.0604 e. The molecule has 0 heterocycles. The number of methoxy groups -OCH3 is 1. The molecule has 0 aromatic heterocycles. The van der Waals surface area contributed by atoms with Crippen LogP contribution < -0.4 is 0 Å². The number of ether oxygens (including phenoxy) is 1. The van der Waals surface area contributed by atoms with E-state index in [2.05, 4.69) is 6.92 Å². The van der Waals surface area contributed by atoms with Crippen LogP contribution in [0.2, 0.25) is 0 Å². The highest BCUT2D eigenvalue weighted by molar-refractivity contribution is 4.95. The lowest BCUT2D eigenvalue weighted by Crippen LogP contribution is -2.25. The number of hydrogen-bond acceptors (Lipinski definition) is 1. The quantitative estimate of drug-likeness (QED) is 0.593. The van der Waals surface area contributed by atoms with Crippen molar-refractivity contribution in [2.75, 3.05) is 7.11 Å². The van der Waals surface area contributed by atoms with Crippen molar-refractivity contribution in [1.82, 2.24) is 0 Å². The molecule has 1 heteroatoms. The van der Waals surface area contributed by atoms with Gasteiger partial charge in [0, 0.05) is 7.11 Å².